The number of amides is 1. The van der Waals surface area contributed by atoms with Crippen molar-refractivity contribution in [3.05, 3.63) is 57.1 Å². The molecule has 31 heavy (non-hydrogen) atoms. The van der Waals surface area contributed by atoms with E-state index in [1.54, 1.807) is 6.92 Å². The van der Waals surface area contributed by atoms with Crippen molar-refractivity contribution in [3.8, 4) is 11.5 Å². The molecule has 0 spiro atoms. The van der Waals surface area contributed by atoms with Gasteiger partial charge in [0.25, 0.3) is 5.69 Å². The van der Waals surface area contributed by atoms with Crippen LogP contribution in [0.3, 0.4) is 0 Å². The summed E-state index contributed by atoms with van der Waals surface area (Å²) in [6.07, 6.45) is -4.60. The first-order valence-corrected chi connectivity index (χ1v) is 9.08. The van der Waals surface area contributed by atoms with Gasteiger partial charge in [0, 0.05) is 19.1 Å². The van der Waals surface area contributed by atoms with Gasteiger partial charge in [0.1, 0.15) is 23.7 Å². The molecular formula is C19H16ClF3N2O6. The van der Waals surface area contributed by atoms with Gasteiger partial charge in [-0.3, -0.25) is 24.6 Å². The number of nitrogens with zero attached hydrogens (tertiary/aromatic N) is 2. The lowest BCUT2D eigenvalue weighted by Crippen LogP contribution is -2.35. The third-order valence-electron chi connectivity index (χ3n) is 3.89. The number of halogens is 4. The van der Waals surface area contributed by atoms with Crippen molar-refractivity contribution < 1.29 is 37.2 Å². The van der Waals surface area contributed by atoms with E-state index < -0.39 is 40.8 Å². The molecule has 0 saturated carbocycles. The van der Waals surface area contributed by atoms with Crippen LogP contribution >= 0.6 is 11.6 Å². The van der Waals surface area contributed by atoms with Gasteiger partial charge in [-0.25, -0.2) is 0 Å². The summed E-state index contributed by atoms with van der Waals surface area (Å²) < 4.78 is 48.6. The Morgan fingerprint density at radius 2 is 1.87 bits per heavy atom. The lowest BCUT2D eigenvalue weighted by molar-refractivity contribution is -0.384. The highest BCUT2D eigenvalue weighted by Gasteiger charge is 2.31. The van der Waals surface area contributed by atoms with Crippen LogP contribution in [-0.2, 0) is 20.5 Å². The molecule has 0 aliphatic heterocycles. The Hall–Kier alpha value is -3.34. The Morgan fingerprint density at radius 3 is 2.39 bits per heavy atom. The highest BCUT2D eigenvalue weighted by Crippen LogP contribution is 2.38. The van der Waals surface area contributed by atoms with E-state index in [0.29, 0.717) is 6.07 Å². The zero-order valence-electron chi connectivity index (χ0n) is 16.2. The van der Waals surface area contributed by atoms with Gasteiger partial charge in [0.15, 0.2) is 0 Å². The fourth-order valence-electron chi connectivity index (χ4n) is 2.53. The lowest BCUT2D eigenvalue weighted by Gasteiger charge is -2.20. The number of nitro benzene ring substituents is 1. The zero-order chi connectivity index (χ0) is 23.3. The molecular weight excluding hydrogens is 445 g/mol. The normalized spacial score (nSPS) is 11.0. The summed E-state index contributed by atoms with van der Waals surface area (Å²) in [6, 6.07) is 5.74. The van der Waals surface area contributed by atoms with Gasteiger partial charge in [-0.15, -0.1) is 0 Å². The fourth-order valence-corrected chi connectivity index (χ4v) is 2.75. The largest absolute Gasteiger partial charge is 0.465 e. The molecule has 0 bridgehead atoms. The molecule has 0 saturated heterocycles. The molecule has 0 aliphatic carbocycles. The topological polar surface area (TPSA) is 99.0 Å². The second kappa shape index (κ2) is 9.65. The predicted octanol–water partition coefficient (Wildman–Crippen LogP) is 4.98. The summed E-state index contributed by atoms with van der Waals surface area (Å²) in [4.78, 5) is 35.3. The van der Waals surface area contributed by atoms with Crippen LogP contribution < -0.4 is 9.64 Å². The molecule has 2 aromatic rings. The van der Waals surface area contributed by atoms with Gasteiger partial charge in [-0.1, -0.05) is 11.6 Å². The number of esters is 1. The van der Waals surface area contributed by atoms with Crippen molar-refractivity contribution in [2.75, 3.05) is 18.1 Å². The van der Waals surface area contributed by atoms with Gasteiger partial charge in [0.2, 0.25) is 5.91 Å². The van der Waals surface area contributed by atoms with Crippen molar-refractivity contribution >= 4 is 34.9 Å². The monoisotopic (exact) mass is 460 g/mol. The van der Waals surface area contributed by atoms with E-state index in [0.717, 1.165) is 36.1 Å². The summed E-state index contributed by atoms with van der Waals surface area (Å²) in [5.74, 6) is -1.67. The molecule has 0 unspecified atom stereocenters. The SMILES string of the molecule is CCOC(=O)CN(C(C)=O)c1cc(Oc2ccc(C(F)(F)F)cc2Cl)ccc1[N+](=O)[O-]. The first-order chi connectivity index (χ1) is 14.4. The molecule has 0 heterocycles. The Bertz CT molecular complexity index is 1010. The van der Waals surface area contributed by atoms with Crippen molar-refractivity contribution in [1.82, 2.24) is 0 Å². The smallest absolute Gasteiger partial charge is 0.416 e. The average Bonchev–Trinajstić information content (AvgIpc) is 2.66. The standard InChI is InChI=1S/C19H16ClF3N2O6/c1-3-30-18(27)10-24(11(2)26)16-9-13(5-6-15(16)25(28)29)31-17-7-4-12(8-14(17)20)19(21,22)23/h4-9H,3,10H2,1-2H3. The Morgan fingerprint density at radius 1 is 1.19 bits per heavy atom. The number of ether oxygens (including phenoxy) is 2. The van der Waals surface area contributed by atoms with E-state index in [1.807, 2.05) is 0 Å². The number of hydrogen-bond acceptors (Lipinski definition) is 6. The second-order valence-corrected chi connectivity index (χ2v) is 6.47. The summed E-state index contributed by atoms with van der Waals surface area (Å²) in [5.41, 5.74) is -1.73. The summed E-state index contributed by atoms with van der Waals surface area (Å²) in [7, 11) is 0. The first kappa shape index (κ1) is 23.9. The molecule has 12 heteroatoms. The quantitative estimate of drug-likeness (QED) is 0.328. The third-order valence-corrected chi connectivity index (χ3v) is 4.19. The summed E-state index contributed by atoms with van der Waals surface area (Å²) in [6.45, 7) is 2.11. The van der Waals surface area contributed by atoms with Crippen molar-refractivity contribution in [2.45, 2.75) is 20.0 Å². The maximum atomic E-state index is 12.8. The minimum absolute atomic E-state index is 0.0439. The Labute approximate surface area is 179 Å². The molecule has 0 fully saturated rings. The number of hydrogen-bond donors (Lipinski definition) is 0. The highest BCUT2D eigenvalue weighted by atomic mass is 35.5. The van der Waals surface area contributed by atoms with Crippen LogP contribution in [0.4, 0.5) is 24.5 Å². The number of benzene rings is 2. The molecule has 1 amide bonds. The Balaban J connectivity index is 2.44. The molecule has 166 valence electrons. The van der Waals surface area contributed by atoms with Crippen LogP contribution in [0.25, 0.3) is 0 Å². The number of alkyl halides is 3. The minimum atomic E-state index is -4.60. The van der Waals surface area contributed by atoms with Gasteiger partial charge in [-0.05, 0) is 31.2 Å². The number of anilines is 1. The average molecular weight is 461 g/mol. The molecule has 0 N–H and O–H groups in total. The van der Waals surface area contributed by atoms with Gasteiger partial charge < -0.3 is 9.47 Å². The molecule has 2 rings (SSSR count). The van der Waals surface area contributed by atoms with Crippen LogP contribution in [0.15, 0.2) is 36.4 Å². The van der Waals surface area contributed by atoms with Crippen LogP contribution in [-0.4, -0.2) is 30.0 Å². The van der Waals surface area contributed by atoms with Gasteiger partial charge >= 0.3 is 12.1 Å². The lowest BCUT2D eigenvalue weighted by atomic mass is 10.2. The number of carbonyl (C=O) groups is 2. The van der Waals surface area contributed by atoms with E-state index in [9.17, 15) is 32.9 Å². The number of nitro groups is 1. The second-order valence-electron chi connectivity index (χ2n) is 6.06. The van der Waals surface area contributed by atoms with E-state index >= 15 is 0 Å². The van der Waals surface area contributed by atoms with Crippen molar-refractivity contribution in [3.63, 3.8) is 0 Å². The summed E-state index contributed by atoms with van der Waals surface area (Å²) in [5, 5.41) is 11.1. The molecule has 0 atom stereocenters. The molecule has 0 aliphatic rings. The van der Waals surface area contributed by atoms with Crippen LogP contribution in [0.2, 0.25) is 5.02 Å². The van der Waals surface area contributed by atoms with E-state index in [1.165, 1.54) is 6.07 Å². The van der Waals surface area contributed by atoms with Crippen molar-refractivity contribution in [1.29, 1.82) is 0 Å². The minimum Gasteiger partial charge on any atom is -0.465 e. The summed E-state index contributed by atoms with van der Waals surface area (Å²) >= 11 is 5.86. The van der Waals surface area contributed by atoms with Crippen LogP contribution in [0.1, 0.15) is 19.4 Å². The highest BCUT2D eigenvalue weighted by molar-refractivity contribution is 6.32. The van der Waals surface area contributed by atoms with E-state index in [4.69, 9.17) is 21.1 Å². The van der Waals surface area contributed by atoms with Crippen LogP contribution in [0, 0.1) is 10.1 Å². The van der Waals surface area contributed by atoms with Crippen molar-refractivity contribution in [2.24, 2.45) is 0 Å². The van der Waals surface area contributed by atoms with E-state index in [2.05, 4.69) is 0 Å². The van der Waals surface area contributed by atoms with Gasteiger partial charge in [0.05, 0.1) is 22.1 Å². The number of carbonyl (C=O) groups excluding carboxylic acids is 2. The molecule has 0 radical (unpaired) electrons. The number of rotatable bonds is 7. The first-order valence-electron chi connectivity index (χ1n) is 8.70. The molecule has 8 nitrogen and oxygen atoms in total. The predicted molar refractivity (Wildman–Crippen MR) is 104 cm³/mol. The molecule has 2 aromatic carbocycles. The Kier molecular flexibility index (Phi) is 7.45. The fraction of sp³-hybridized carbons (Fsp3) is 0.263. The maximum Gasteiger partial charge on any atom is 0.416 e. The third kappa shape index (κ3) is 6.07. The maximum absolute atomic E-state index is 12.8. The van der Waals surface area contributed by atoms with Gasteiger partial charge in [-0.2, -0.15) is 13.2 Å². The zero-order valence-corrected chi connectivity index (χ0v) is 17.0. The van der Waals surface area contributed by atoms with Crippen LogP contribution in [0.5, 0.6) is 11.5 Å². The molecule has 0 aromatic heterocycles. The van der Waals surface area contributed by atoms with E-state index in [-0.39, 0.29) is 28.8 Å².